The van der Waals surface area contributed by atoms with E-state index in [9.17, 15) is 14.4 Å². The van der Waals surface area contributed by atoms with E-state index in [0.717, 1.165) is 70.9 Å². The van der Waals surface area contributed by atoms with Crippen molar-refractivity contribution < 1.29 is 19.1 Å². The van der Waals surface area contributed by atoms with Crippen LogP contribution >= 0.6 is 0 Å². The summed E-state index contributed by atoms with van der Waals surface area (Å²) in [6.07, 6.45) is 5.92. The number of unbranched alkanes of at least 4 members (excludes halogenated alkanes) is 1. The SMILES string of the molecule is CC(C)(C)OC(=O)NC1CCN(CC2CCN(CCCCN3C(=O)c4ccccc4C3=O)CC2)CC1. The molecule has 8 heteroatoms. The van der Waals surface area contributed by atoms with Crippen molar-refractivity contribution in [2.45, 2.75) is 70.9 Å². The minimum atomic E-state index is -0.460. The lowest BCUT2D eigenvalue weighted by Crippen LogP contribution is -2.47. The molecule has 4 rings (SSSR count). The average Bonchev–Trinajstić information content (AvgIpc) is 3.08. The van der Waals surface area contributed by atoms with Gasteiger partial charge in [0, 0.05) is 32.2 Å². The summed E-state index contributed by atoms with van der Waals surface area (Å²) >= 11 is 0. The van der Waals surface area contributed by atoms with Crippen LogP contribution in [0.25, 0.3) is 0 Å². The molecule has 0 unspecified atom stereocenters. The molecule has 1 N–H and O–H groups in total. The lowest BCUT2D eigenvalue weighted by molar-refractivity contribution is 0.0471. The molecule has 0 spiro atoms. The molecule has 36 heavy (non-hydrogen) atoms. The van der Waals surface area contributed by atoms with E-state index < -0.39 is 5.60 Å². The van der Waals surface area contributed by atoms with Gasteiger partial charge >= 0.3 is 6.09 Å². The molecule has 0 atom stereocenters. The maximum atomic E-state index is 12.5. The first-order valence-corrected chi connectivity index (χ1v) is 13.6. The van der Waals surface area contributed by atoms with E-state index in [-0.39, 0.29) is 23.9 Å². The number of carbonyl (C=O) groups is 3. The highest BCUT2D eigenvalue weighted by atomic mass is 16.6. The lowest BCUT2D eigenvalue weighted by atomic mass is 9.94. The van der Waals surface area contributed by atoms with Crippen LogP contribution in [0.3, 0.4) is 0 Å². The minimum absolute atomic E-state index is 0.152. The standard InChI is InChI=1S/C28H42N4O4/c1-28(2,3)36-27(35)29-22-12-18-31(19-13-22)20-21-10-16-30(17-11-21)14-6-7-15-32-25(33)23-8-4-5-9-24(23)26(32)34/h4-5,8-9,21-22H,6-7,10-20H2,1-3H3,(H,29,35). The highest BCUT2D eigenvalue weighted by molar-refractivity contribution is 6.21. The summed E-state index contributed by atoms with van der Waals surface area (Å²) in [7, 11) is 0. The molecule has 2 saturated heterocycles. The molecular formula is C28H42N4O4. The normalized spacial score (nSPS) is 20.6. The van der Waals surface area contributed by atoms with Gasteiger partial charge in [0.2, 0.25) is 0 Å². The Kier molecular flexibility index (Phi) is 8.67. The Morgan fingerprint density at radius 1 is 0.889 bits per heavy atom. The monoisotopic (exact) mass is 498 g/mol. The van der Waals surface area contributed by atoms with Gasteiger partial charge in [-0.2, -0.15) is 0 Å². The zero-order chi connectivity index (χ0) is 25.7. The highest BCUT2D eigenvalue weighted by Crippen LogP contribution is 2.24. The number of hydrogen-bond donors (Lipinski definition) is 1. The molecule has 0 aromatic heterocycles. The summed E-state index contributed by atoms with van der Waals surface area (Å²) in [6, 6.07) is 7.30. The number of imide groups is 1. The van der Waals surface area contributed by atoms with Crippen LogP contribution < -0.4 is 5.32 Å². The van der Waals surface area contributed by atoms with Crippen molar-refractivity contribution in [3.8, 4) is 0 Å². The second-order valence-corrected chi connectivity index (χ2v) is 11.5. The zero-order valence-electron chi connectivity index (χ0n) is 22.1. The van der Waals surface area contributed by atoms with Crippen LogP contribution in [0.4, 0.5) is 4.79 Å². The van der Waals surface area contributed by atoms with E-state index in [1.807, 2.05) is 32.9 Å². The predicted molar refractivity (Wildman–Crippen MR) is 139 cm³/mol. The van der Waals surface area contributed by atoms with Gasteiger partial charge in [0.1, 0.15) is 5.60 Å². The van der Waals surface area contributed by atoms with Crippen molar-refractivity contribution in [2.75, 3.05) is 45.8 Å². The molecule has 198 valence electrons. The molecule has 8 nitrogen and oxygen atoms in total. The summed E-state index contributed by atoms with van der Waals surface area (Å²) in [5, 5.41) is 3.02. The quantitative estimate of drug-likeness (QED) is 0.434. The Labute approximate surface area is 215 Å². The number of fused-ring (bicyclic) bond motifs is 1. The number of nitrogens with zero attached hydrogens (tertiary/aromatic N) is 3. The molecule has 0 aliphatic carbocycles. The smallest absolute Gasteiger partial charge is 0.407 e. The fraction of sp³-hybridized carbons (Fsp3) is 0.679. The third kappa shape index (κ3) is 7.07. The van der Waals surface area contributed by atoms with E-state index in [2.05, 4.69) is 15.1 Å². The van der Waals surface area contributed by atoms with Crippen LogP contribution in [0.15, 0.2) is 24.3 Å². The molecule has 2 fully saturated rings. The Morgan fingerprint density at radius 2 is 1.44 bits per heavy atom. The highest BCUT2D eigenvalue weighted by Gasteiger charge is 2.34. The molecule has 3 heterocycles. The minimum Gasteiger partial charge on any atom is -0.444 e. The lowest BCUT2D eigenvalue weighted by Gasteiger charge is -2.38. The molecule has 3 aliphatic rings. The number of carbonyl (C=O) groups excluding carboxylic acids is 3. The molecule has 0 radical (unpaired) electrons. The average molecular weight is 499 g/mol. The number of amides is 3. The summed E-state index contributed by atoms with van der Waals surface area (Å²) in [5.41, 5.74) is 0.610. The van der Waals surface area contributed by atoms with Crippen molar-refractivity contribution in [1.82, 2.24) is 20.0 Å². The van der Waals surface area contributed by atoms with Crippen LogP contribution in [0.5, 0.6) is 0 Å². The Hall–Kier alpha value is -2.45. The number of hydrogen-bond acceptors (Lipinski definition) is 6. The predicted octanol–water partition coefficient (Wildman–Crippen LogP) is 3.76. The Morgan fingerprint density at radius 3 is 2.03 bits per heavy atom. The van der Waals surface area contributed by atoms with Crippen LogP contribution in [0, 0.1) is 5.92 Å². The molecule has 3 amide bonds. The van der Waals surface area contributed by atoms with Gasteiger partial charge in [-0.05, 0) is 97.0 Å². The number of benzene rings is 1. The third-order valence-corrected chi connectivity index (χ3v) is 7.52. The van der Waals surface area contributed by atoms with Crippen molar-refractivity contribution in [3.63, 3.8) is 0 Å². The maximum Gasteiger partial charge on any atom is 0.407 e. The van der Waals surface area contributed by atoms with Crippen LogP contribution in [0.2, 0.25) is 0 Å². The second-order valence-electron chi connectivity index (χ2n) is 11.5. The van der Waals surface area contributed by atoms with E-state index in [1.54, 1.807) is 12.1 Å². The molecule has 0 bridgehead atoms. The summed E-state index contributed by atoms with van der Waals surface area (Å²) in [4.78, 5) is 43.5. The van der Waals surface area contributed by atoms with Crippen molar-refractivity contribution >= 4 is 17.9 Å². The van der Waals surface area contributed by atoms with E-state index >= 15 is 0 Å². The third-order valence-electron chi connectivity index (χ3n) is 7.52. The topological polar surface area (TPSA) is 82.2 Å². The first-order chi connectivity index (χ1) is 17.2. The molecule has 1 aromatic rings. The van der Waals surface area contributed by atoms with Gasteiger partial charge in [-0.1, -0.05) is 12.1 Å². The van der Waals surface area contributed by atoms with Crippen molar-refractivity contribution in [3.05, 3.63) is 35.4 Å². The summed E-state index contributed by atoms with van der Waals surface area (Å²) in [5.74, 6) is 0.428. The van der Waals surface area contributed by atoms with Gasteiger partial charge < -0.3 is 19.9 Å². The van der Waals surface area contributed by atoms with Gasteiger partial charge in [-0.3, -0.25) is 14.5 Å². The van der Waals surface area contributed by atoms with E-state index in [1.165, 1.54) is 17.7 Å². The van der Waals surface area contributed by atoms with Crippen LogP contribution in [0.1, 0.15) is 80.0 Å². The number of piperidine rings is 2. The van der Waals surface area contributed by atoms with Gasteiger partial charge in [0.15, 0.2) is 0 Å². The number of alkyl carbamates (subject to hydrolysis) is 1. The van der Waals surface area contributed by atoms with Crippen molar-refractivity contribution in [1.29, 1.82) is 0 Å². The Bertz CT molecular complexity index is 893. The number of likely N-dealkylation sites (tertiary alicyclic amines) is 2. The molecule has 1 aromatic carbocycles. The maximum absolute atomic E-state index is 12.5. The van der Waals surface area contributed by atoms with Gasteiger partial charge in [0.05, 0.1) is 11.1 Å². The zero-order valence-corrected chi connectivity index (χ0v) is 22.1. The number of nitrogens with one attached hydrogen (secondary N) is 1. The molecular weight excluding hydrogens is 456 g/mol. The fourth-order valence-corrected chi connectivity index (χ4v) is 5.54. The first-order valence-electron chi connectivity index (χ1n) is 13.6. The fourth-order valence-electron chi connectivity index (χ4n) is 5.54. The van der Waals surface area contributed by atoms with E-state index in [4.69, 9.17) is 4.74 Å². The van der Waals surface area contributed by atoms with Gasteiger partial charge in [-0.25, -0.2) is 4.79 Å². The van der Waals surface area contributed by atoms with E-state index in [0.29, 0.717) is 17.7 Å². The van der Waals surface area contributed by atoms with Crippen LogP contribution in [-0.4, -0.2) is 90.1 Å². The summed E-state index contributed by atoms with van der Waals surface area (Å²) in [6.45, 7) is 12.6. The molecule has 0 saturated carbocycles. The molecule has 3 aliphatic heterocycles. The van der Waals surface area contributed by atoms with Gasteiger partial charge in [0.25, 0.3) is 11.8 Å². The largest absolute Gasteiger partial charge is 0.444 e. The Balaban J connectivity index is 1.07. The number of rotatable bonds is 8. The first kappa shape index (κ1) is 26.6. The summed E-state index contributed by atoms with van der Waals surface area (Å²) < 4.78 is 5.38. The second kappa shape index (κ2) is 11.7. The van der Waals surface area contributed by atoms with Gasteiger partial charge in [-0.15, -0.1) is 0 Å². The van der Waals surface area contributed by atoms with Crippen LogP contribution in [-0.2, 0) is 4.74 Å². The van der Waals surface area contributed by atoms with Crippen molar-refractivity contribution in [2.24, 2.45) is 5.92 Å². The number of ether oxygens (including phenoxy) is 1.